The fraction of sp³-hybridized carbons (Fsp3) is 0.545. The fourth-order valence-corrected chi connectivity index (χ4v) is 3.72. The number of carbonyl (C=O) groups excluding carboxylic acids is 1. The number of aromatic nitrogens is 1. The first-order valence-corrected chi connectivity index (χ1v) is 10.3. The van der Waals surface area contributed by atoms with Crippen LogP contribution in [0.25, 0.3) is 0 Å². The van der Waals surface area contributed by atoms with Crippen LogP contribution in [0.3, 0.4) is 0 Å². The second-order valence-electron chi connectivity index (χ2n) is 9.04. The Morgan fingerprint density at radius 1 is 1.17 bits per heavy atom. The van der Waals surface area contributed by atoms with Crippen LogP contribution in [-0.2, 0) is 16.8 Å². The first-order valence-electron chi connectivity index (χ1n) is 10.3. The molecule has 2 heterocycles. The van der Waals surface area contributed by atoms with Crippen LogP contribution in [0.1, 0.15) is 37.6 Å². The summed E-state index contributed by atoms with van der Waals surface area (Å²) in [4.78, 5) is 15.2. The number of amides is 1. The maximum absolute atomic E-state index is 12.4. The van der Waals surface area contributed by atoms with Gasteiger partial charge < -0.3 is 19.1 Å². The van der Waals surface area contributed by atoms with Gasteiger partial charge in [-0.15, -0.1) is 0 Å². The van der Waals surface area contributed by atoms with Gasteiger partial charge in [0.15, 0.2) is 6.54 Å². The van der Waals surface area contributed by atoms with E-state index in [1.807, 2.05) is 12.1 Å². The smallest absolute Gasteiger partial charge is 0.281 e. The molecule has 2 aromatic rings. The van der Waals surface area contributed by atoms with Gasteiger partial charge in [-0.05, 0) is 19.1 Å². The van der Waals surface area contributed by atoms with Crippen LogP contribution in [0.4, 0.5) is 5.88 Å². The minimum absolute atomic E-state index is 0.0274. The van der Waals surface area contributed by atoms with Crippen molar-refractivity contribution in [1.29, 1.82) is 0 Å². The molecular formula is C22H34N4O3+2. The molecule has 0 spiro atoms. The van der Waals surface area contributed by atoms with Crippen molar-refractivity contribution in [3.63, 3.8) is 0 Å². The topological polar surface area (TPSA) is 73.2 Å². The highest BCUT2D eigenvalue weighted by Crippen LogP contribution is 2.23. The number of nitrogens with one attached hydrogen (secondary N) is 3. The van der Waals surface area contributed by atoms with Crippen molar-refractivity contribution in [2.24, 2.45) is 0 Å². The van der Waals surface area contributed by atoms with E-state index in [4.69, 9.17) is 9.26 Å². The van der Waals surface area contributed by atoms with Crippen LogP contribution < -0.4 is 19.9 Å². The molecule has 0 bridgehead atoms. The van der Waals surface area contributed by atoms with Crippen molar-refractivity contribution in [1.82, 2.24) is 5.16 Å². The van der Waals surface area contributed by atoms with Crippen LogP contribution in [0.15, 0.2) is 28.8 Å². The predicted molar refractivity (Wildman–Crippen MR) is 112 cm³/mol. The maximum Gasteiger partial charge on any atom is 0.281 e. The van der Waals surface area contributed by atoms with Gasteiger partial charge in [-0.3, -0.25) is 10.1 Å². The third-order valence-electron chi connectivity index (χ3n) is 5.49. The van der Waals surface area contributed by atoms with Crippen molar-refractivity contribution in [2.45, 2.75) is 39.7 Å². The lowest BCUT2D eigenvalue weighted by molar-refractivity contribution is -1.02. The molecule has 1 aromatic heterocycles. The molecule has 3 N–H and O–H groups in total. The summed E-state index contributed by atoms with van der Waals surface area (Å²) in [5, 5.41) is 6.89. The lowest BCUT2D eigenvalue weighted by atomic mass is 9.92. The zero-order chi connectivity index (χ0) is 21.0. The van der Waals surface area contributed by atoms with Gasteiger partial charge in [0.25, 0.3) is 5.91 Å². The van der Waals surface area contributed by atoms with Crippen LogP contribution in [0.2, 0.25) is 0 Å². The molecule has 3 rings (SSSR count). The standard InChI is InChI=1S/C22H32N4O3/c1-16-6-7-18(28-5)17(12-16)14-25-8-10-26(11-9-25)15-20(27)23-21-13-19(24-29-21)22(2,3)4/h6-7,12-13H,8-11,14-15H2,1-5H3,(H,23,27)/p+2. The number of hydrogen-bond donors (Lipinski definition) is 3. The molecule has 1 amide bonds. The quantitative estimate of drug-likeness (QED) is 0.646. The number of aryl methyl sites for hydroxylation is 1. The number of rotatable bonds is 6. The minimum Gasteiger partial charge on any atom is -0.496 e. The van der Waals surface area contributed by atoms with Gasteiger partial charge in [-0.1, -0.05) is 37.6 Å². The van der Waals surface area contributed by atoms with E-state index in [2.05, 4.69) is 50.3 Å². The van der Waals surface area contributed by atoms with Crippen molar-refractivity contribution in [3.05, 3.63) is 41.1 Å². The summed E-state index contributed by atoms with van der Waals surface area (Å²) in [6, 6.07) is 8.15. The highest BCUT2D eigenvalue weighted by Gasteiger charge is 2.26. The van der Waals surface area contributed by atoms with E-state index in [9.17, 15) is 4.79 Å². The normalized spacial score (nSPS) is 19.8. The molecule has 7 heteroatoms. The predicted octanol–water partition coefficient (Wildman–Crippen LogP) is 0.211. The number of methoxy groups -OCH3 is 1. The number of carbonyl (C=O) groups is 1. The van der Waals surface area contributed by atoms with Crippen LogP contribution in [0, 0.1) is 6.92 Å². The van der Waals surface area contributed by atoms with Gasteiger partial charge in [0.05, 0.1) is 12.8 Å². The number of hydrogen-bond acceptors (Lipinski definition) is 4. The largest absolute Gasteiger partial charge is 0.496 e. The summed E-state index contributed by atoms with van der Waals surface area (Å²) >= 11 is 0. The fourth-order valence-electron chi connectivity index (χ4n) is 3.72. The summed E-state index contributed by atoms with van der Waals surface area (Å²) in [5.41, 5.74) is 3.24. The first kappa shape index (κ1) is 21.3. The van der Waals surface area contributed by atoms with E-state index >= 15 is 0 Å². The van der Waals surface area contributed by atoms with E-state index in [0.717, 1.165) is 44.2 Å². The Hall–Kier alpha value is -2.38. The van der Waals surface area contributed by atoms with Gasteiger partial charge >= 0.3 is 0 Å². The minimum atomic E-state index is -0.100. The van der Waals surface area contributed by atoms with Crippen LogP contribution in [-0.4, -0.2) is 50.9 Å². The molecule has 0 aliphatic carbocycles. The van der Waals surface area contributed by atoms with Gasteiger partial charge in [0.1, 0.15) is 38.5 Å². The second-order valence-corrected chi connectivity index (χ2v) is 9.04. The van der Waals surface area contributed by atoms with Crippen LogP contribution in [0.5, 0.6) is 5.75 Å². The molecule has 29 heavy (non-hydrogen) atoms. The zero-order valence-corrected chi connectivity index (χ0v) is 18.2. The Kier molecular flexibility index (Phi) is 6.59. The molecule has 7 nitrogen and oxygen atoms in total. The molecule has 1 aliphatic rings. The van der Waals surface area contributed by atoms with Crippen molar-refractivity contribution < 1.29 is 23.9 Å². The van der Waals surface area contributed by atoms with E-state index in [0.29, 0.717) is 12.4 Å². The average Bonchev–Trinajstić information content (AvgIpc) is 3.12. The number of piperazine rings is 1. The van der Waals surface area contributed by atoms with Gasteiger partial charge in [0.2, 0.25) is 5.88 Å². The van der Waals surface area contributed by atoms with Crippen molar-refractivity contribution >= 4 is 11.8 Å². The molecule has 0 atom stereocenters. The molecule has 1 fully saturated rings. The third-order valence-corrected chi connectivity index (χ3v) is 5.49. The van der Waals surface area contributed by atoms with Gasteiger partial charge in [-0.2, -0.15) is 0 Å². The SMILES string of the molecule is COc1ccc(C)cc1C[NH+]1CC[NH+](CC(=O)Nc2cc(C(C)(C)C)no2)CC1. The highest BCUT2D eigenvalue weighted by atomic mass is 16.5. The Balaban J connectivity index is 1.47. The maximum atomic E-state index is 12.4. The average molecular weight is 403 g/mol. The Bertz CT molecular complexity index is 833. The van der Waals surface area contributed by atoms with Crippen molar-refractivity contribution in [2.75, 3.05) is 45.2 Å². The lowest BCUT2D eigenvalue weighted by Gasteiger charge is -2.29. The molecule has 0 unspecified atom stereocenters. The van der Waals surface area contributed by atoms with E-state index in [-0.39, 0.29) is 11.3 Å². The Morgan fingerprint density at radius 3 is 2.48 bits per heavy atom. The number of ether oxygens (including phenoxy) is 1. The molecular weight excluding hydrogens is 368 g/mol. The summed E-state index contributed by atoms with van der Waals surface area (Å²) in [5.74, 6) is 1.36. The Morgan fingerprint density at radius 2 is 1.86 bits per heavy atom. The monoisotopic (exact) mass is 402 g/mol. The van der Waals surface area contributed by atoms with Crippen LogP contribution >= 0.6 is 0 Å². The molecule has 0 radical (unpaired) electrons. The highest BCUT2D eigenvalue weighted by molar-refractivity contribution is 5.90. The van der Waals surface area contributed by atoms with Gasteiger partial charge in [-0.25, -0.2) is 0 Å². The lowest BCUT2D eigenvalue weighted by Crippen LogP contribution is -3.28. The van der Waals surface area contributed by atoms with E-state index < -0.39 is 0 Å². The third kappa shape index (κ3) is 5.81. The van der Waals surface area contributed by atoms with Gasteiger partial charge in [0, 0.05) is 17.0 Å². The molecule has 1 aromatic carbocycles. The number of benzene rings is 1. The van der Waals surface area contributed by atoms with E-state index in [1.165, 1.54) is 20.9 Å². The molecule has 158 valence electrons. The Labute approximate surface area is 173 Å². The number of quaternary nitrogens is 2. The summed E-state index contributed by atoms with van der Waals surface area (Å²) < 4.78 is 10.8. The molecule has 1 saturated heterocycles. The molecule has 1 aliphatic heterocycles. The number of nitrogens with zero attached hydrogens (tertiary/aromatic N) is 1. The van der Waals surface area contributed by atoms with Crippen molar-refractivity contribution in [3.8, 4) is 5.75 Å². The summed E-state index contributed by atoms with van der Waals surface area (Å²) in [6.07, 6.45) is 0. The van der Waals surface area contributed by atoms with E-state index in [1.54, 1.807) is 7.11 Å². The summed E-state index contributed by atoms with van der Waals surface area (Å²) in [6.45, 7) is 13.7. The molecule has 0 saturated carbocycles. The first-order chi connectivity index (χ1) is 13.7. The summed E-state index contributed by atoms with van der Waals surface area (Å²) in [7, 11) is 1.73. The number of anilines is 1. The zero-order valence-electron chi connectivity index (χ0n) is 18.2. The second kappa shape index (κ2) is 8.97.